The van der Waals surface area contributed by atoms with Crippen molar-refractivity contribution in [3.05, 3.63) is 36.8 Å². The standard InChI is InChI=1S/C19H24N8O/c1-25-8-10-26(11-9-25)17-3-2-15(13-21-17)23-19-22-12-14-4-6-27(18(14)24-19)7-5-16(20)28/h2-4,6,12-13H,5,7-11H2,1H3,(H2,20,28)(H,22,23,24). The normalized spacial score (nSPS) is 15.1. The van der Waals surface area contributed by atoms with Gasteiger partial charge in [-0.1, -0.05) is 0 Å². The van der Waals surface area contributed by atoms with Gasteiger partial charge in [-0.2, -0.15) is 4.98 Å². The minimum atomic E-state index is -0.333. The molecule has 0 radical (unpaired) electrons. The quantitative estimate of drug-likeness (QED) is 0.662. The molecule has 0 atom stereocenters. The first-order valence-corrected chi connectivity index (χ1v) is 9.35. The van der Waals surface area contributed by atoms with Gasteiger partial charge in [-0.25, -0.2) is 9.97 Å². The van der Waals surface area contributed by atoms with Crippen LogP contribution < -0.4 is 16.0 Å². The van der Waals surface area contributed by atoms with E-state index in [2.05, 4.69) is 37.1 Å². The molecule has 1 aliphatic rings. The Morgan fingerprint density at radius 3 is 2.68 bits per heavy atom. The first-order chi connectivity index (χ1) is 13.6. The predicted octanol–water partition coefficient (Wildman–Crippen LogP) is 1.20. The number of pyridine rings is 1. The number of hydrogen-bond acceptors (Lipinski definition) is 7. The third-order valence-electron chi connectivity index (χ3n) is 4.93. The summed E-state index contributed by atoms with van der Waals surface area (Å²) in [5, 5.41) is 4.11. The van der Waals surface area contributed by atoms with Crippen LogP contribution in [-0.2, 0) is 11.3 Å². The summed E-state index contributed by atoms with van der Waals surface area (Å²) in [4.78, 5) is 29.2. The lowest BCUT2D eigenvalue weighted by molar-refractivity contribution is -0.118. The summed E-state index contributed by atoms with van der Waals surface area (Å²) in [6, 6.07) is 5.93. The van der Waals surface area contributed by atoms with Crippen molar-refractivity contribution in [2.45, 2.75) is 13.0 Å². The minimum Gasteiger partial charge on any atom is -0.370 e. The van der Waals surface area contributed by atoms with Gasteiger partial charge in [-0.3, -0.25) is 4.79 Å². The van der Waals surface area contributed by atoms with E-state index < -0.39 is 0 Å². The van der Waals surface area contributed by atoms with E-state index in [0.29, 0.717) is 12.5 Å². The van der Waals surface area contributed by atoms with Gasteiger partial charge in [0.15, 0.2) is 0 Å². The van der Waals surface area contributed by atoms with Crippen molar-refractivity contribution in [2.75, 3.05) is 43.4 Å². The summed E-state index contributed by atoms with van der Waals surface area (Å²) in [6.45, 7) is 4.56. The van der Waals surface area contributed by atoms with Crippen LogP contribution in [0.2, 0.25) is 0 Å². The lowest BCUT2D eigenvalue weighted by atomic mass is 10.3. The van der Waals surface area contributed by atoms with Crippen molar-refractivity contribution in [2.24, 2.45) is 5.73 Å². The Kier molecular flexibility index (Phi) is 5.07. The Morgan fingerprint density at radius 1 is 1.14 bits per heavy atom. The molecule has 3 aromatic rings. The molecule has 28 heavy (non-hydrogen) atoms. The summed E-state index contributed by atoms with van der Waals surface area (Å²) in [5.41, 5.74) is 6.84. The number of rotatable bonds is 6. The van der Waals surface area contributed by atoms with Gasteiger partial charge in [0.25, 0.3) is 0 Å². The van der Waals surface area contributed by atoms with E-state index in [1.807, 2.05) is 29.0 Å². The maximum Gasteiger partial charge on any atom is 0.229 e. The first kappa shape index (κ1) is 18.2. The number of hydrogen-bond donors (Lipinski definition) is 2. The Balaban J connectivity index is 1.47. The number of anilines is 3. The summed E-state index contributed by atoms with van der Waals surface area (Å²) >= 11 is 0. The fraction of sp³-hybridized carbons (Fsp3) is 0.368. The number of fused-ring (bicyclic) bond motifs is 1. The van der Waals surface area contributed by atoms with Crippen LogP contribution in [-0.4, -0.2) is 63.6 Å². The molecule has 0 unspecified atom stereocenters. The van der Waals surface area contributed by atoms with Gasteiger partial charge in [0, 0.05) is 56.9 Å². The molecule has 0 saturated carbocycles. The van der Waals surface area contributed by atoms with Gasteiger partial charge in [-0.15, -0.1) is 0 Å². The van der Waals surface area contributed by atoms with Crippen molar-refractivity contribution in [1.82, 2.24) is 24.4 Å². The molecule has 0 aliphatic carbocycles. The first-order valence-electron chi connectivity index (χ1n) is 9.35. The number of likely N-dealkylation sites (N-methyl/N-ethyl adjacent to an activating group) is 1. The highest BCUT2D eigenvalue weighted by atomic mass is 16.1. The third kappa shape index (κ3) is 4.04. The molecule has 1 aliphatic heterocycles. The van der Waals surface area contributed by atoms with Crippen molar-refractivity contribution in [3.63, 3.8) is 0 Å². The van der Waals surface area contributed by atoms with E-state index >= 15 is 0 Å². The minimum absolute atomic E-state index is 0.272. The zero-order valence-electron chi connectivity index (χ0n) is 15.9. The van der Waals surface area contributed by atoms with Crippen molar-refractivity contribution >= 4 is 34.4 Å². The van der Waals surface area contributed by atoms with E-state index in [1.54, 1.807) is 12.4 Å². The molecule has 3 N–H and O–H groups in total. The lowest BCUT2D eigenvalue weighted by Gasteiger charge is -2.33. The summed E-state index contributed by atoms with van der Waals surface area (Å²) in [7, 11) is 2.14. The number of nitrogens with two attached hydrogens (primary N) is 1. The monoisotopic (exact) mass is 380 g/mol. The second-order valence-corrected chi connectivity index (χ2v) is 7.02. The lowest BCUT2D eigenvalue weighted by Crippen LogP contribution is -2.44. The number of carbonyl (C=O) groups excluding carboxylic acids is 1. The Bertz CT molecular complexity index is 960. The summed E-state index contributed by atoms with van der Waals surface area (Å²) in [5.74, 6) is 1.14. The zero-order valence-corrected chi connectivity index (χ0v) is 15.9. The molecule has 9 heteroatoms. The smallest absolute Gasteiger partial charge is 0.229 e. The molecule has 4 rings (SSSR count). The number of nitrogens with zero attached hydrogens (tertiary/aromatic N) is 6. The Hall–Kier alpha value is -3.20. The average molecular weight is 380 g/mol. The van der Waals surface area contributed by atoms with Crippen molar-refractivity contribution in [1.29, 1.82) is 0 Å². The molecule has 4 heterocycles. The average Bonchev–Trinajstić information content (AvgIpc) is 3.10. The van der Waals surface area contributed by atoms with Crippen LogP contribution in [0, 0.1) is 0 Å². The number of aryl methyl sites for hydroxylation is 1. The fourth-order valence-electron chi connectivity index (χ4n) is 3.25. The van der Waals surface area contributed by atoms with Crippen molar-refractivity contribution in [3.8, 4) is 0 Å². The second kappa shape index (κ2) is 7.81. The van der Waals surface area contributed by atoms with E-state index in [4.69, 9.17) is 5.73 Å². The molecule has 0 bridgehead atoms. The van der Waals surface area contributed by atoms with Crippen LogP contribution in [0.25, 0.3) is 11.0 Å². The number of primary amides is 1. The highest BCUT2D eigenvalue weighted by Gasteiger charge is 2.15. The highest BCUT2D eigenvalue weighted by Crippen LogP contribution is 2.20. The fourth-order valence-corrected chi connectivity index (χ4v) is 3.25. The summed E-state index contributed by atoms with van der Waals surface area (Å²) < 4.78 is 1.90. The van der Waals surface area contributed by atoms with Gasteiger partial charge >= 0.3 is 0 Å². The molecule has 146 valence electrons. The molecule has 0 aromatic carbocycles. The highest BCUT2D eigenvalue weighted by molar-refractivity contribution is 5.77. The van der Waals surface area contributed by atoms with Gasteiger partial charge in [0.2, 0.25) is 11.9 Å². The molecule has 1 amide bonds. The van der Waals surface area contributed by atoms with Crippen LogP contribution in [0.1, 0.15) is 6.42 Å². The van der Waals surface area contributed by atoms with Gasteiger partial charge in [0.05, 0.1) is 11.9 Å². The van der Waals surface area contributed by atoms with Gasteiger partial charge in [0.1, 0.15) is 11.5 Å². The van der Waals surface area contributed by atoms with Crippen LogP contribution in [0.5, 0.6) is 0 Å². The van der Waals surface area contributed by atoms with Gasteiger partial charge < -0.3 is 25.4 Å². The van der Waals surface area contributed by atoms with Crippen LogP contribution in [0.4, 0.5) is 17.5 Å². The number of piperazine rings is 1. The molecule has 9 nitrogen and oxygen atoms in total. The van der Waals surface area contributed by atoms with E-state index in [0.717, 1.165) is 48.7 Å². The maximum atomic E-state index is 11.0. The Morgan fingerprint density at radius 2 is 1.96 bits per heavy atom. The summed E-state index contributed by atoms with van der Waals surface area (Å²) in [6.07, 6.45) is 5.72. The number of nitrogens with one attached hydrogen (secondary N) is 1. The molecule has 1 fully saturated rings. The number of amides is 1. The van der Waals surface area contributed by atoms with Crippen LogP contribution in [0.15, 0.2) is 36.8 Å². The SMILES string of the molecule is CN1CCN(c2ccc(Nc3ncc4ccn(CCC(N)=O)c4n3)cn2)CC1. The van der Waals surface area contributed by atoms with E-state index in [1.165, 1.54) is 0 Å². The van der Waals surface area contributed by atoms with Crippen molar-refractivity contribution < 1.29 is 4.79 Å². The predicted molar refractivity (Wildman–Crippen MR) is 109 cm³/mol. The third-order valence-corrected chi connectivity index (χ3v) is 4.93. The van der Waals surface area contributed by atoms with Gasteiger partial charge in [-0.05, 0) is 25.2 Å². The maximum absolute atomic E-state index is 11.0. The Labute approximate surface area is 163 Å². The van der Waals surface area contributed by atoms with Crippen LogP contribution in [0.3, 0.4) is 0 Å². The molecule has 3 aromatic heterocycles. The molecular formula is C19H24N8O. The zero-order chi connectivity index (χ0) is 19.5. The molecule has 0 spiro atoms. The van der Waals surface area contributed by atoms with Crippen LogP contribution >= 0.6 is 0 Å². The largest absolute Gasteiger partial charge is 0.370 e. The second-order valence-electron chi connectivity index (χ2n) is 7.02. The van der Waals surface area contributed by atoms with E-state index in [-0.39, 0.29) is 12.3 Å². The topological polar surface area (TPSA) is 105 Å². The number of carbonyl (C=O) groups is 1. The number of aromatic nitrogens is 4. The van der Waals surface area contributed by atoms with E-state index in [9.17, 15) is 4.79 Å². The molecule has 1 saturated heterocycles. The molecular weight excluding hydrogens is 356 g/mol.